The van der Waals surface area contributed by atoms with Crippen LogP contribution in [0.1, 0.15) is 20.7 Å². The van der Waals surface area contributed by atoms with Gasteiger partial charge in [-0.3, -0.25) is 14.3 Å². The van der Waals surface area contributed by atoms with E-state index < -0.39 is 28.7 Å². The molecule has 2 heterocycles. The molecule has 0 bridgehead atoms. The van der Waals surface area contributed by atoms with Gasteiger partial charge in [0, 0.05) is 12.7 Å². The minimum absolute atomic E-state index is 0.258. The van der Waals surface area contributed by atoms with Gasteiger partial charge >= 0.3 is 5.97 Å². The van der Waals surface area contributed by atoms with Gasteiger partial charge in [-0.1, -0.05) is 0 Å². The highest BCUT2D eigenvalue weighted by Gasteiger charge is 2.21. The average Bonchev–Trinajstić information content (AvgIpc) is 2.96. The third-order valence-corrected chi connectivity index (χ3v) is 3.68. The monoisotopic (exact) mass is 342 g/mol. The minimum Gasteiger partial charge on any atom is -0.506 e. The molecule has 0 fully saturated rings. The second-order valence-corrected chi connectivity index (χ2v) is 5.23. The summed E-state index contributed by atoms with van der Waals surface area (Å²) < 4.78 is 5.97. The smallest absolute Gasteiger partial charge is 0.337 e. The maximum atomic E-state index is 12.4. The summed E-state index contributed by atoms with van der Waals surface area (Å²) >= 11 is 0. The number of nitrogens with zero attached hydrogens (tertiary/aromatic N) is 2. The number of esters is 1. The molecule has 2 aromatic heterocycles. The molecule has 9 heteroatoms. The number of aromatic nitrogens is 3. The summed E-state index contributed by atoms with van der Waals surface area (Å²) in [5, 5.41) is 16.9. The van der Waals surface area contributed by atoms with Crippen LogP contribution in [0, 0.1) is 0 Å². The lowest BCUT2D eigenvalue weighted by atomic mass is 10.1. The average molecular weight is 342 g/mol. The number of H-pyrrole nitrogens is 1. The number of benzene rings is 1. The number of aromatic amines is 1. The van der Waals surface area contributed by atoms with Gasteiger partial charge in [0.05, 0.1) is 24.3 Å². The van der Waals surface area contributed by atoms with Crippen LogP contribution >= 0.6 is 0 Å². The molecule has 1 amide bonds. The highest BCUT2D eigenvalue weighted by molar-refractivity contribution is 6.08. The number of anilines is 1. The number of ether oxygens (including phenoxy) is 1. The summed E-state index contributed by atoms with van der Waals surface area (Å²) in [6.45, 7) is 0. The molecule has 0 spiro atoms. The van der Waals surface area contributed by atoms with Crippen LogP contribution in [0.2, 0.25) is 0 Å². The number of hydrogen-bond acceptors (Lipinski definition) is 6. The number of aromatic hydroxyl groups is 1. The van der Waals surface area contributed by atoms with Crippen LogP contribution in [-0.4, -0.2) is 38.9 Å². The molecule has 0 radical (unpaired) electrons. The van der Waals surface area contributed by atoms with E-state index in [0.717, 1.165) is 0 Å². The lowest BCUT2D eigenvalue weighted by Gasteiger charge is -2.08. The van der Waals surface area contributed by atoms with E-state index in [4.69, 9.17) is 0 Å². The molecule has 3 aromatic rings. The van der Waals surface area contributed by atoms with Crippen LogP contribution in [0.25, 0.3) is 11.0 Å². The Hall–Kier alpha value is -3.62. The van der Waals surface area contributed by atoms with Gasteiger partial charge in [0.15, 0.2) is 0 Å². The van der Waals surface area contributed by atoms with Crippen molar-refractivity contribution in [2.24, 2.45) is 7.05 Å². The topological polar surface area (TPSA) is 126 Å². The van der Waals surface area contributed by atoms with Crippen molar-refractivity contribution in [3.8, 4) is 5.75 Å². The maximum absolute atomic E-state index is 12.4. The zero-order chi connectivity index (χ0) is 18.1. The van der Waals surface area contributed by atoms with E-state index in [-0.39, 0.29) is 5.39 Å². The van der Waals surface area contributed by atoms with E-state index in [9.17, 15) is 19.5 Å². The third-order valence-electron chi connectivity index (χ3n) is 3.68. The lowest BCUT2D eigenvalue weighted by molar-refractivity contribution is 0.0600. The van der Waals surface area contributed by atoms with Crippen molar-refractivity contribution in [2.45, 2.75) is 0 Å². The van der Waals surface area contributed by atoms with Gasteiger partial charge in [-0.15, -0.1) is 0 Å². The van der Waals surface area contributed by atoms with Crippen molar-refractivity contribution < 1.29 is 19.4 Å². The molecule has 0 saturated carbocycles. The highest BCUT2D eigenvalue weighted by Crippen LogP contribution is 2.24. The first-order valence-corrected chi connectivity index (χ1v) is 7.19. The normalized spacial score (nSPS) is 10.6. The van der Waals surface area contributed by atoms with Crippen LogP contribution in [0.15, 0.2) is 35.3 Å². The number of carbonyl (C=O) groups excluding carboxylic acids is 2. The summed E-state index contributed by atoms with van der Waals surface area (Å²) in [5.41, 5.74) is -0.183. The quantitative estimate of drug-likeness (QED) is 0.610. The van der Waals surface area contributed by atoms with E-state index in [1.807, 2.05) is 0 Å². The number of rotatable bonds is 3. The van der Waals surface area contributed by atoms with Crippen LogP contribution in [0.4, 0.5) is 5.69 Å². The second kappa shape index (κ2) is 6.11. The predicted molar refractivity (Wildman–Crippen MR) is 88.7 cm³/mol. The number of hydrogen-bond donors (Lipinski definition) is 3. The Bertz CT molecular complexity index is 1030. The van der Waals surface area contributed by atoms with Gasteiger partial charge < -0.3 is 20.1 Å². The lowest BCUT2D eigenvalue weighted by Crippen LogP contribution is -2.23. The van der Waals surface area contributed by atoms with Gasteiger partial charge in [-0.05, 0) is 24.3 Å². The first kappa shape index (κ1) is 16.2. The van der Waals surface area contributed by atoms with Gasteiger partial charge in [-0.2, -0.15) is 5.10 Å². The van der Waals surface area contributed by atoms with Crippen LogP contribution < -0.4 is 10.9 Å². The third kappa shape index (κ3) is 2.82. The molecular weight excluding hydrogens is 328 g/mol. The number of carbonyl (C=O) groups is 2. The molecule has 0 unspecified atom stereocenters. The fraction of sp³-hybridized carbons (Fsp3) is 0.125. The summed E-state index contributed by atoms with van der Waals surface area (Å²) in [5.74, 6) is -1.74. The zero-order valence-electron chi connectivity index (χ0n) is 13.4. The SMILES string of the molecule is COC(=O)c1ccc(NC(=O)c2c(O)c3cnn(C)c3[nH]c2=O)cc1. The first-order valence-electron chi connectivity index (χ1n) is 7.19. The standard InChI is InChI=1S/C16H14N4O5/c1-20-13-10(7-17-20)12(21)11(15(23)19-13)14(22)18-9-5-3-8(4-6-9)16(24)25-2/h3-7H,1-2H3,(H,18,22)(H2,19,21,23). The maximum Gasteiger partial charge on any atom is 0.337 e. The Morgan fingerprint density at radius 2 is 1.96 bits per heavy atom. The van der Waals surface area contributed by atoms with Gasteiger partial charge in [-0.25, -0.2) is 4.79 Å². The molecule has 3 N–H and O–H groups in total. The summed E-state index contributed by atoms with van der Waals surface area (Å²) in [6, 6.07) is 5.90. The molecule has 1 aromatic carbocycles. The molecule has 0 aliphatic rings. The minimum atomic E-state index is -0.782. The van der Waals surface area contributed by atoms with Crippen molar-refractivity contribution in [1.29, 1.82) is 0 Å². The molecule has 0 aliphatic heterocycles. The largest absolute Gasteiger partial charge is 0.506 e. The fourth-order valence-corrected chi connectivity index (χ4v) is 2.38. The number of fused-ring (bicyclic) bond motifs is 1. The molecule has 25 heavy (non-hydrogen) atoms. The van der Waals surface area contributed by atoms with Crippen molar-refractivity contribution >= 4 is 28.6 Å². The number of amides is 1. The van der Waals surface area contributed by atoms with E-state index in [0.29, 0.717) is 16.9 Å². The zero-order valence-corrected chi connectivity index (χ0v) is 13.4. The van der Waals surface area contributed by atoms with Crippen LogP contribution in [-0.2, 0) is 11.8 Å². The number of aryl methyl sites for hydroxylation is 1. The van der Waals surface area contributed by atoms with Crippen molar-refractivity contribution in [1.82, 2.24) is 14.8 Å². The van der Waals surface area contributed by atoms with E-state index in [1.165, 1.54) is 42.3 Å². The number of methoxy groups -OCH3 is 1. The van der Waals surface area contributed by atoms with E-state index >= 15 is 0 Å². The Morgan fingerprint density at radius 3 is 2.60 bits per heavy atom. The Labute approximate surface area is 140 Å². The Balaban J connectivity index is 1.92. The van der Waals surface area contributed by atoms with Crippen molar-refractivity contribution in [3.63, 3.8) is 0 Å². The summed E-state index contributed by atoms with van der Waals surface area (Å²) in [6.07, 6.45) is 1.35. The molecule has 0 atom stereocenters. The molecule has 9 nitrogen and oxygen atoms in total. The summed E-state index contributed by atoms with van der Waals surface area (Å²) in [4.78, 5) is 38.4. The molecule has 0 aliphatic carbocycles. The Morgan fingerprint density at radius 1 is 1.28 bits per heavy atom. The van der Waals surface area contributed by atoms with E-state index in [1.54, 1.807) is 7.05 Å². The van der Waals surface area contributed by atoms with Gasteiger partial charge in [0.25, 0.3) is 11.5 Å². The number of nitrogens with one attached hydrogen (secondary N) is 2. The van der Waals surface area contributed by atoms with E-state index in [2.05, 4.69) is 20.1 Å². The highest BCUT2D eigenvalue weighted by atomic mass is 16.5. The number of pyridine rings is 1. The molecule has 128 valence electrons. The van der Waals surface area contributed by atoms with Crippen LogP contribution in [0.5, 0.6) is 5.75 Å². The molecule has 3 rings (SSSR count). The second-order valence-electron chi connectivity index (χ2n) is 5.23. The van der Waals surface area contributed by atoms with Gasteiger partial charge in [0.1, 0.15) is 17.0 Å². The van der Waals surface area contributed by atoms with Crippen molar-refractivity contribution in [3.05, 3.63) is 51.9 Å². The molecular formula is C16H14N4O5. The predicted octanol–water partition coefficient (Wildman–Crippen LogP) is 1.01. The first-order chi connectivity index (χ1) is 11.9. The van der Waals surface area contributed by atoms with Gasteiger partial charge in [0.2, 0.25) is 0 Å². The van der Waals surface area contributed by atoms with Crippen molar-refractivity contribution in [2.75, 3.05) is 12.4 Å². The molecule has 0 saturated heterocycles. The Kier molecular flexibility index (Phi) is 3.97. The van der Waals surface area contributed by atoms with Crippen LogP contribution in [0.3, 0.4) is 0 Å². The summed E-state index contributed by atoms with van der Waals surface area (Å²) in [7, 11) is 2.86. The fourth-order valence-electron chi connectivity index (χ4n) is 2.38.